The van der Waals surface area contributed by atoms with Gasteiger partial charge in [0.2, 0.25) is 0 Å². The second-order valence-corrected chi connectivity index (χ2v) is 5.15. The number of hydrogen-bond acceptors (Lipinski definition) is 3. The fourth-order valence-corrected chi connectivity index (χ4v) is 2.20. The summed E-state index contributed by atoms with van der Waals surface area (Å²) >= 11 is 0. The maximum Gasteiger partial charge on any atom is 0.416 e. The fraction of sp³-hybridized carbons (Fsp3) is 0.267. The van der Waals surface area contributed by atoms with Crippen LogP contribution in [0.3, 0.4) is 0 Å². The third kappa shape index (κ3) is 2.79. The first-order valence-electron chi connectivity index (χ1n) is 6.64. The van der Waals surface area contributed by atoms with Crippen LogP contribution in [0.1, 0.15) is 40.4 Å². The summed E-state index contributed by atoms with van der Waals surface area (Å²) in [6.07, 6.45) is -1.62. The Labute approximate surface area is 123 Å². The topological polar surface area (TPSA) is 63.1 Å². The Morgan fingerprint density at radius 2 is 2.00 bits per heavy atom. The highest BCUT2D eigenvalue weighted by Gasteiger charge is 2.32. The van der Waals surface area contributed by atoms with E-state index in [-0.39, 0.29) is 22.9 Å². The first-order valence-corrected chi connectivity index (χ1v) is 6.64. The van der Waals surface area contributed by atoms with Crippen molar-refractivity contribution in [1.82, 2.24) is 9.97 Å². The number of aromatic nitrogens is 2. The van der Waals surface area contributed by atoms with Crippen molar-refractivity contribution in [2.75, 3.05) is 0 Å². The molecule has 1 N–H and O–H groups in total. The fourth-order valence-electron chi connectivity index (χ4n) is 2.20. The minimum atomic E-state index is -4.45. The van der Waals surface area contributed by atoms with Crippen LogP contribution < -0.4 is 0 Å². The molecule has 0 radical (unpaired) electrons. The molecular formula is C15H11F3N2O2. The molecule has 1 aliphatic rings. The Hall–Kier alpha value is -2.44. The van der Waals surface area contributed by atoms with E-state index in [0.29, 0.717) is 5.69 Å². The van der Waals surface area contributed by atoms with Crippen LogP contribution in [0.15, 0.2) is 30.5 Å². The highest BCUT2D eigenvalue weighted by Crippen LogP contribution is 2.41. The van der Waals surface area contributed by atoms with Gasteiger partial charge in [-0.25, -0.2) is 14.8 Å². The summed E-state index contributed by atoms with van der Waals surface area (Å²) < 4.78 is 38.3. The van der Waals surface area contributed by atoms with Gasteiger partial charge >= 0.3 is 12.1 Å². The highest BCUT2D eigenvalue weighted by atomic mass is 19.4. The molecule has 1 saturated carbocycles. The van der Waals surface area contributed by atoms with E-state index in [4.69, 9.17) is 5.11 Å². The number of alkyl halides is 3. The SMILES string of the molecule is O=C(O)c1cnc(-c2cccc(C(F)(F)F)c2)nc1C1CC1. The summed E-state index contributed by atoms with van der Waals surface area (Å²) in [6, 6.07) is 4.69. The molecule has 0 unspecified atom stereocenters. The molecule has 0 bridgehead atoms. The van der Waals surface area contributed by atoms with Crippen LogP contribution >= 0.6 is 0 Å². The van der Waals surface area contributed by atoms with Gasteiger partial charge in [-0.3, -0.25) is 0 Å². The summed E-state index contributed by atoms with van der Waals surface area (Å²) in [5, 5.41) is 9.13. The Morgan fingerprint density at radius 1 is 1.27 bits per heavy atom. The Bertz CT molecular complexity index is 740. The Kier molecular flexibility index (Phi) is 3.35. The summed E-state index contributed by atoms with van der Waals surface area (Å²) in [5.41, 5.74) is -0.161. The predicted octanol–water partition coefficient (Wildman–Crippen LogP) is 3.74. The number of halogens is 3. The molecule has 0 spiro atoms. The minimum absolute atomic E-state index is 0.0122. The second kappa shape index (κ2) is 5.08. The molecule has 2 aromatic rings. The van der Waals surface area contributed by atoms with Gasteiger partial charge < -0.3 is 5.11 Å². The minimum Gasteiger partial charge on any atom is -0.478 e. The van der Waals surface area contributed by atoms with Gasteiger partial charge in [-0.2, -0.15) is 13.2 Å². The van der Waals surface area contributed by atoms with Crippen molar-refractivity contribution in [3.63, 3.8) is 0 Å². The molecule has 1 heterocycles. The van der Waals surface area contributed by atoms with E-state index >= 15 is 0 Å². The van der Waals surface area contributed by atoms with Crippen LogP contribution in [0, 0.1) is 0 Å². The molecule has 1 aliphatic carbocycles. The lowest BCUT2D eigenvalue weighted by Gasteiger charge is -2.09. The third-order valence-electron chi connectivity index (χ3n) is 3.46. The van der Waals surface area contributed by atoms with E-state index in [2.05, 4.69) is 9.97 Å². The zero-order valence-electron chi connectivity index (χ0n) is 11.3. The summed E-state index contributed by atoms with van der Waals surface area (Å²) in [4.78, 5) is 19.3. The average Bonchev–Trinajstić information content (AvgIpc) is 3.30. The van der Waals surface area contributed by atoms with Crippen LogP contribution in [0.25, 0.3) is 11.4 Å². The molecule has 22 heavy (non-hydrogen) atoms. The van der Waals surface area contributed by atoms with Crippen LogP contribution in [0.2, 0.25) is 0 Å². The summed E-state index contributed by atoms with van der Waals surface area (Å²) in [7, 11) is 0. The van der Waals surface area contributed by atoms with Gasteiger partial charge in [0.05, 0.1) is 16.8 Å². The molecule has 3 rings (SSSR count). The number of carboxylic acid groups (broad SMARTS) is 1. The van der Waals surface area contributed by atoms with Gasteiger partial charge in [0.15, 0.2) is 5.82 Å². The number of benzene rings is 1. The Morgan fingerprint density at radius 3 is 2.59 bits per heavy atom. The van der Waals surface area contributed by atoms with Gasteiger partial charge in [-0.1, -0.05) is 12.1 Å². The molecular weight excluding hydrogens is 297 g/mol. The van der Waals surface area contributed by atoms with Gasteiger partial charge in [0.25, 0.3) is 0 Å². The zero-order valence-corrected chi connectivity index (χ0v) is 11.3. The number of aromatic carboxylic acids is 1. The zero-order chi connectivity index (χ0) is 15.9. The number of rotatable bonds is 3. The van der Waals surface area contributed by atoms with Crippen molar-refractivity contribution in [3.8, 4) is 11.4 Å². The second-order valence-electron chi connectivity index (χ2n) is 5.15. The average molecular weight is 308 g/mol. The first kappa shape index (κ1) is 14.5. The molecule has 0 saturated heterocycles. The molecule has 114 valence electrons. The first-order chi connectivity index (χ1) is 10.4. The van der Waals surface area contributed by atoms with Crippen molar-refractivity contribution in [2.24, 2.45) is 0 Å². The molecule has 0 amide bonds. The van der Waals surface area contributed by atoms with Crippen molar-refractivity contribution in [3.05, 3.63) is 47.3 Å². The monoisotopic (exact) mass is 308 g/mol. The number of nitrogens with zero attached hydrogens (tertiary/aromatic N) is 2. The van der Waals surface area contributed by atoms with Crippen molar-refractivity contribution >= 4 is 5.97 Å². The Balaban J connectivity index is 2.05. The quantitative estimate of drug-likeness (QED) is 0.938. The molecule has 7 heteroatoms. The van der Waals surface area contributed by atoms with Crippen LogP contribution in [-0.4, -0.2) is 21.0 Å². The number of hydrogen-bond donors (Lipinski definition) is 1. The largest absolute Gasteiger partial charge is 0.478 e. The van der Waals surface area contributed by atoms with Crippen molar-refractivity contribution in [2.45, 2.75) is 24.9 Å². The molecule has 1 fully saturated rings. The van der Waals surface area contributed by atoms with E-state index in [1.165, 1.54) is 18.3 Å². The maximum absolute atomic E-state index is 12.8. The van der Waals surface area contributed by atoms with Gasteiger partial charge in [-0.05, 0) is 25.0 Å². The van der Waals surface area contributed by atoms with Crippen LogP contribution in [-0.2, 0) is 6.18 Å². The van der Waals surface area contributed by atoms with Crippen LogP contribution in [0.4, 0.5) is 13.2 Å². The molecule has 0 atom stereocenters. The van der Waals surface area contributed by atoms with Crippen molar-refractivity contribution < 1.29 is 23.1 Å². The normalized spacial score (nSPS) is 14.9. The number of carboxylic acids is 1. The van der Waals surface area contributed by atoms with E-state index in [1.807, 2.05) is 0 Å². The smallest absolute Gasteiger partial charge is 0.416 e. The van der Waals surface area contributed by atoms with Gasteiger partial charge in [0.1, 0.15) is 0 Å². The molecule has 4 nitrogen and oxygen atoms in total. The predicted molar refractivity (Wildman–Crippen MR) is 71.4 cm³/mol. The summed E-state index contributed by atoms with van der Waals surface area (Å²) in [6.45, 7) is 0. The lowest BCUT2D eigenvalue weighted by atomic mass is 10.1. The van der Waals surface area contributed by atoms with E-state index < -0.39 is 17.7 Å². The molecule has 1 aromatic heterocycles. The highest BCUT2D eigenvalue weighted by molar-refractivity contribution is 5.89. The van der Waals surface area contributed by atoms with Crippen molar-refractivity contribution in [1.29, 1.82) is 0 Å². The van der Waals surface area contributed by atoms with Gasteiger partial charge in [-0.15, -0.1) is 0 Å². The van der Waals surface area contributed by atoms with Crippen LogP contribution in [0.5, 0.6) is 0 Å². The maximum atomic E-state index is 12.8. The lowest BCUT2D eigenvalue weighted by Crippen LogP contribution is -2.08. The van der Waals surface area contributed by atoms with Gasteiger partial charge in [0, 0.05) is 17.7 Å². The standard InChI is InChI=1S/C15H11F3N2O2/c16-15(17,18)10-3-1-2-9(6-10)13-19-7-11(14(21)22)12(20-13)8-4-5-8/h1-3,6-8H,4-5H2,(H,21,22). The van der Waals surface area contributed by atoms with E-state index in [0.717, 1.165) is 25.0 Å². The number of carbonyl (C=O) groups is 1. The lowest BCUT2D eigenvalue weighted by molar-refractivity contribution is -0.137. The molecule has 0 aliphatic heterocycles. The third-order valence-corrected chi connectivity index (χ3v) is 3.46. The molecule has 1 aromatic carbocycles. The summed E-state index contributed by atoms with van der Waals surface area (Å²) in [5.74, 6) is -0.964. The van der Waals surface area contributed by atoms with E-state index in [9.17, 15) is 18.0 Å². The van der Waals surface area contributed by atoms with E-state index in [1.54, 1.807) is 0 Å².